The molecular formula is C16H13F4NO3S. The summed E-state index contributed by atoms with van der Waals surface area (Å²) in [6.07, 6.45) is -4.74. The van der Waals surface area contributed by atoms with E-state index in [9.17, 15) is 30.8 Å². The highest BCUT2D eigenvalue weighted by Crippen LogP contribution is 2.30. The Morgan fingerprint density at radius 3 is 2.20 bits per heavy atom. The second-order valence-corrected chi connectivity index (χ2v) is 7.02. The molecule has 2 aromatic carbocycles. The average Bonchev–Trinajstić information content (AvgIpc) is 2.52. The predicted molar refractivity (Wildman–Crippen MR) is 81.9 cm³/mol. The maximum absolute atomic E-state index is 13.3. The lowest BCUT2D eigenvalue weighted by molar-refractivity contribution is -0.137. The molecule has 0 aliphatic carbocycles. The Morgan fingerprint density at radius 2 is 1.68 bits per heavy atom. The number of hydrogen-bond acceptors (Lipinski definition) is 3. The summed E-state index contributed by atoms with van der Waals surface area (Å²) in [5.41, 5.74) is -1.05. The molecule has 134 valence electrons. The van der Waals surface area contributed by atoms with Crippen molar-refractivity contribution in [3.63, 3.8) is 0 Å². The summed E-state index contributed by atoms with van der Waals surface area (Å²) in [4.78, 5) is 11.0. The van der Waals surface area contributed by atoms with E-state index in [1.807, 2.05) is 0 Å². The lowest BCUT2D eigenvalue weighted by atomic mass is 10.1. The molecule has 0 heterocycles. The fourth-order valence-corrected chi connectivity index (χ4v) is 3.06. The van der Waals surface area contributed by atoms with Crippen LogP contribution in [0.1, 0.15) is 28.4 Å². The van der Waals surface area contributed by atoms with E-state index in [0.29, 0.717) is 17.7 Å². The van der Waals surface area contributed by atoms with E-state index in [4.69, 9.17) is 0 Å². The minimum Gasteiger partial charge on any atom is -0.295 e. The molecule has 0 aliphatic heterocycles. The van der Waals surface area contributed by atoms with Crippen molar-refractivity contribution in [2.75, 3.05) is 0 Å². The topological polar surface area (TPSA) is 63.2 Å². The van der Waals surface area contributed by atoms with E-state index in [0.717, 1.165) is 6.07 Å². The van der Waals surface area contributed by atoms with Gasteiger partial charge in [-0.05, 0) is 42.8 Å². The molecule has 0 atom stereocenters. The Morgan fingerprint density at radius 1 is 1.08 bits per heavy atom. The maximum Gasteiger partial charge on any atom is 0.416 e. The van der Waals surface area contributed by atoms with Crippen LogP contribution in [0.4, 0.5) is 17.6 Å². The van der Waals surface area contributed by atoms with Crippen LogP contribution in [0.25, 0.3) is 0 Å². The van der Waals surface area contributed by atoms with Gasteiger partial charge in [0.15, 0.2) is 5.78 Å². The van der Waals surface area contributed by atoms with Crippen molar-refractivity contribution in [1.29, 1.82) is 0 Å². The normalized spacial score (nSPS) is 12.2. The van der Waals surface area contributed by atoms with Crippen LogP contribution in [0.5, 0.6) is 0 Å². The number of rotatable bonds is 5. The number of alkyl halides is 3. The summed E-state index contributed by atoms with van der Waals surface area (Å²) in [7, 11) is -4.03. The first-order valence-corrected chi connectivity index (χ1v) is 8.45. The Hall–Kier alpha value is -2.26. The van der Waals surface area contributed by atoms with Gasteiger partial charge >= 0.3 is 6.18 Å². The molecule has 0 saturated heterocycles. The second-order valence-electron chi connectivity index (χ2n) is 5.25. The fourth-order valence-electron chi connectivity index (χ4n) is 2.05. The molecule has 0 fully saturated rings. The molecule has 0 bridgehead atoms. The van der Waals surface area contributed by atoms with Crippen molar-refractivity contribution in [1.82, 2.24) is 4.72 Å². The molecule has 2 aromatic rings. The van der Waals surface area contributed by atoms with Gasteiger partial charge in [0.1, 0.15) is 5.82 Å². The Balaban J connectivity index is 2.20. The number of hydrogen-bond donors (Lipinski definition) is 1. The summed E-state index contributed by atoms with van der Waals surface area (Å²) >= 11 is 0. The summed E-state index contributed by atoms with van der Waals surface area (Å²) in [6, 6.07) is 6.86. The number of sulfonamides is 1. The van der Waals surface area contributed by atoms with Crippen LogP contribution in [0.15, 0.2) is 47.4 Å². The highest BCUT2D eigenvalue weighted by Gasteiger charge is 2.31. The molecule has 0 radical (unpaired) electrons. The SMILES string of the molecule is CC(=O)c1ccc(S(=O)(=O)NCc2cc(F)cc(C(F)(F)F)c2)cc1. The second kappa shape index (κ2) is 6.93. The molecule has 0 saturated carbocycles. The van der Waals surface area contributed by atoms with Crippen molar-refractivity contribution < 1.29 is 30.8 Å². The van der Waals surface area contributed by atoms with Crippen LogP contribution < -0.4 is 4.72 Å². The van der Waals surface area contributed by atoms with Crippen molar-refractivity contribution in [3.8, 4) is 0 Å². The summed E-state index contributed by atoms with van der Waals surface area (Å²) in [5.74, 6) is -1.36. The van der Waals surface area contributed by atoms with E-state index in [1.54, 1.807) is 0 Å². The van der Waals surface area contributed by atoms with E-state index in [-0.39, 0.29) is 16.2 Å². The Kier molecular flexibility index (Phi) is 5.28. The largest absolute Gasteiger partial charge is 0.416 e. The van der Waals surface area contributed by atoms with Crippen LogP contribution in [-0.4, -0.2) is 14.2 Å². The third-order valence-electron chi connectivity index (χ3n) is 3.32. The molecule has 4 nitrogen and oxygen atoms in total. The number of carbonyl (C=O) groups is 1. The van der Waals surface area contributed by atoms with Gasteiger partial charge in [-0.2, -0.15) is 13.2 Å². The van der Waals surface area contributed by atoms with Crippen molar-refractivity contribution >= 4 is 15.8 Å². The summed E-state index contributed by atoms with van der Waals surface area (Å²) in [5, 5.41) is 0. The van der Waals surface area contributed by atoms with Crippen LogP contribution in [-0.2, 0) is 22.7 Å². The van der Waals surface area contributed by atoms with E-state index in [2.05, 4.69) is 4.72 Å². The van der Waals surface area contributed by atoms with E-state index < -0.39 is 34.1 Å². The first-order chi connectivity index (χ1) is 11.5. The zero-order valence-corrected chi connectivity index (χ0v) is 13.7. The van der Waals surface area contributed by atoms with Crippen LogP contribution in [0.2, 0.25) is 0 Å². The maximum atomic E-state index is 13.3. The molecule has 9 heteroatoms. The van der Waals surface area contributed by atoms with E-state index >= 15 is 0 Å². The molecule has 25 heavy (non-hydrogen) atoms. The number of ketones is 1. The van der Waals surface area contributed by atoms with Gasteiger partial charge in [-0.1, -0.05) is 12.1 Å². The van der Waals surface area contributed by atoms with E-state index in [1.165, 1.54) is 31.2 Å². The fraction of sp³-hybridized carbons (Fsp3) is 0.188. The number of carbonyl (C=O) groups excluding carboxylic acids is 1. The minimum atomic E-state index is -4.74. The van der Waals surface area contributed by atoms with Gasteiger partial charge < -0.3 is 0 Å². The van der Waals surface area contributed by atoms with Gasteiger partial charge in [-0.25, -0.2) is 17.5 Å². The number of halogens is 4. The smallest absolute Gasteiger partial charge is 0.295 e. The van der Waals surface area contributed by atoms with Gasteiger partial charge in [-0.3, -0.25) is 4.79 Å². The molecule has 2 rings (SSSR count). The first kappa shape index (κ1) is 19.1. The lowest BCUT2D eigenvalue weighted by Crippen LogP contribution is -2.23. The summed E-state index contributed by atoms with van der Waals surface area (Å²) < 4.78 is 77.7. The van der Waals surface area contributed by atoms with Crippen molar-refractivity contribution in [2.24, 2.45) is 0 Å². The van der Waals surface area contributed by atoms with Crippen LogP contribution in [0.3, 0.4) is 0 Å². The molecule has 0 spiro atoms. The monoisotopic (exact) mass is 375 g/mol. The molecule has 0 unspecified atom stereocenters. The quantitative estimate of drug-likeness (QED) is 0.642. The van der Waals surface area contributed by atoms with Crippen molar-refractivity contribution in [3.05, 3.63) is 65.0 Å². The highest BCUT2D eigenvalue weighted by atomic mass is 32.2. The summed E-state index contributed by atoms with van der Waals surface area (Å²) in [6.45, 7) is 0.807. The average molecular weight is 375 g/mol. The zero-order valence-electron chi connectivity index (χ0n) is 12.9. The first-order valence-electron chi connectivity index (χ1n) is 6.96. The van der Waals surface area contributed by atoms with Gasteiger partial charge in [0.05, 0.1) is 10.5 Å². The number of benzene rings is 2. The molecule has 1 N–H and O–H groups in total. The van der Waals surface area contributed by atoms with Crippen LogP contribution in [0, 0.1) is 5.82 Å². The Labute approximate surface area is 141 Å². The molecular weight excluding hydrogens is 362 g/mol. The Bertz CT molecular complexity index is 891. The molecule has 0 aliphatic rings. The lowest BCUT2D eigenvalue weighted by Gasteiger charge is -2.11. The standard InChI is InChI=1S/C16H13F4NO3S/c1-10(22)12-2-4-15(5-3-12)25(23,24)21-9-11-6-13(16(18,19)20)8-14(17)7-11/h2-8,21H,9H2,1H3. The van der Waals surface area contributed by atoms with Gasteiger partial charge in [0, 0.05) is 12.1 Å². The minimum absolute atomic E-state index is 0.162. The zero-order chi connectivity index (χ0) is 18.8. The predicted octanol–water partition coefficient (Wildman–Crippen LogP) is 3.53. The van der Waals surface area contributed by atoms with Gasteiger partial charge in [-0.15, -0.1) is 0 Å². The number of Topliss-reactive ketones (excluding diaryl/α,β-unsaturated/α-hetero) is 1. The van der Waals surface area contributed by atoms with Gasteiger partial charge in [0.2, 0.25) is 10.0 Å². The van der Waals surface area contributed by atoms with Crippen LogP contribution >= 0.6 is 0 Å². The molecule has 0 aromatic heterocycles. The third-order valence-corrected chi connectivity index (χ3v) is 4.74. The number of nitrogens with one attached hydrogen (secondary N) is 1. The molecule has 0 amide bonds. The van der Waals surface area contributed by atoms with Gasteiger partial charge in [0.25, 0.3) is 0 Å². The van der Waals surface area contributed by atoms with Crippen molar-refractivity contribution in [2.45, 2.75) is 24.5 Å². The third kappa shape index (κ3) is 4.86. The highest BCUT2D eigenvalue weighted by molar-refractivity contribution is 7.89.